The summed E-state index contributed by atoms with van der Waals surface area (Å²) in [7, 11) is 0. The lowest BCUT2D eigenvalue weighted by atomic mass is 10.1. The van der Waals surface area contributed by atoms with Gasteiger partial charge in [0.15, 0.2) is 0 Å². The maximum Gasteiger partial charge on any atom is 0.224 e. The third kappa shape index (κ3) is 4.60. The Morgan fingerprint density at radius 2 is 2.00 bits per heavy atom. The minimum Gasteiger partial charge on any atom is -0.494 e. The number of aryl methyl sites for hydroxylation is 1. The van der Waals surface area contributed by atoms with Gasteiger partial charge in [-0.05, 0) is 37.1 Å². The number of carbonyl (C=O) groups is 1. The van der Waals surface area contributed by atoms with Crippen LogP contribution in [-0.4, -0.2) is 12.5 Å². The highest BCUT2D eigenvalue weighted by molar-refractivity contribution is 5.91. The van der Waals surface area contributed by atoms with Crippen LogP contribution in [0.4, 0.5) is 10.1 Å². The Balaban J connectivity index is 1.90. The molecule has 1 N–H and O–H groups in total. The Hall–Kier alpha value is -2.36. The molecular formula is C17H18FNO2. The van der Waals surface area contributed by atoms with Crippen LogP contribution in [0.1, 0.15) is 18.9 Å². The van der Waals surface area contributed by atoms with Crippen LogP contribution in [0.2, 0.25) is 0 Å². The largest absolute Gasteiger partial charge is 0.494 e. The molecule has 0 fully saturated rings. The predicted octanol–water partition coefficient (Wildman–Crippen LogP) is 3.80. The molecule has 0 unspecified atom stereocenters. The second kappa shape index (κ2) is 7.43. The molecule has 0 bridgehead atoms. The average Bonchev–Trinajstić information content (AvgIpc) is 2.47. The molecule has 0 aliphatic rings. The number of hydrogen-bond donors (Lipinski definition) is 1. The number of amides is 1. The Kier molecular flexibility index (Phi) is 5.32. The second-order valence-corrected chi connectivity index (χ2v) is 4.60. The van der Waals surface area contributed by atoms with Crippen LogP contribution < -0.4 is 10.1 Å². The summed E-state index contributed by atoms with van der Waals surface area (Å²) in [6.07, 6.45) is 0.615. The fraction of sp³-hybridized carbons (Fsp3) is 0.235. The minimum atomic E-state index is -0.274. The molecule has 0 atom stereocenters. The standard InChI is InChI=1S/C17H18FNO2/c1-2-21-15-8-5-7-14(12-15)19-17(20)11-10-13-6-3-4-9-16(13)18/h3-9,12H,2,10-11H2,1H3,(H,19,20). The third-order valence-electron chi connectivity index (χ3n) is 3.01. The highest BCUT2D eigenvalue weighted by Gasteiger charge is 2.06. The van der Waals surface area contributed by atoms with E-state index < -0.39 is 0 Å². The first-order chi connectivity index (χ1) is 10.2. The summed E-state index contributed by atoms with van der Waals surface area (Å²) in [6, 6.07) is 13.7. The van der Waals surface area contributed by atoms with E-state index in [1.165, 1.54) is 6.07 Å². The molecule has 3 nitrogen and oxygen atoms in total. The van der Waals surface area contributed by atoms with E-state index in [0.717, 1.165) is 0 Å². The van der Waals surface area contributed by atoms with E-state index in [4.69, 9.17) is 4.74 Å². The fourth-order valence-electron chi connectivity index (χ4n) is 2.00. The topological polar surface area (TPSA) is 38.3 Å². The number of ether oxygens (including phenoxy) is 1. The van der Waals surface area contributed by atoms with Crippen LogP contribution in [0.15, 0.2) is 48.5 Å². The molecule has 110 valence electrons. The molecule has 0 spiro atoms. The fourth-order valence-corrected chi connectivity index (χ4v) is 2.00. The molecule has 0 saturated heterocycles. The first kappa shape index (κ1) is 15.0. The van der Waals surface area contributed by atoms with Crippen molar-refractivity contribution in [3.63, 3.8) is 0 Å². The number of halogens is 1. The van der Waals surface area contributed by atoms with Crippen molar-refractivity contribution in [3.05, 3.63) is 59.9 Å². The third-order valence-corrected chi connectivity index (χ3v) is 3.01. The van der Waals surface area contributed by atoms with Gasteiger partial charge in [-0.25, -0.2) is 4.39 Å². The lowest BCUT2D eigenvalue weighted by Crippen LogP contribution is -2.12. The van der Waals surface area contributed by atoms with Gasteiger partial charge in [0.25, 0.3) is 0 Å². The van der Waals surface area contributed by atoms with Gasteiger partial charge in [0, 0.05) is 18.2 Å². The van der Waals surface area contributed by atoms with Gasteiger partial charge >= 0.3 is 0 Å². The lowest BCUT2D eigenvalue weighted by molar-refractivity contribution is -0.116. The lowest BCUT2D eigenvalue weighted by Gasteiger charge is -2.08. The molecule has 2 aromatic rings. The van der Waals surface area contributed by atoms with Gasteiger partial charge in [-0.2, -0.15) is 0 Å². The quantitative estimate of drug-likeness (QED) is 0.877. The Bertz CT molecular complexity index is 613. The normalized spacial score (nSPS) is 10.2. The minimum absolute atomic E-state index is 0.146. The summed E-state index contributed by atoms with van der Waals surface area (Å²) in [4.78, 5) is 11.9. The smallest absolute Gasteiger partial charge is 0.224 e. The van der Waals surface area contributed by atoms with Crippen molar-refractivity contribution in [2.24, 2.45) is 0 Å². The molecular weight excluding hydrogens is 269 g/mol. The maximum atomic E-state index is 13.5. The molecule has 0 radical (unpaired) electrons. The summed E-state index contributed by atoms with van der Waals surface area (Å²) in [5, 5.41) is 2.79. The van der Waals surface area contributed by atoms with E-state index in [2.05, 4.69) is 5.32 Å². The first-order valence-electron chi connectivity index (χ1n) is 6.95. The maximum absolute atomic E-state index is 13.5. The van der Waals surface area contributed by atoms with Gasteiger partial charge < -0.3 is 10.1 Å². The average molecular weight is 287 g/mol. The number of nitrogens with one attached hydrogen (secondary N) is 1. The molecule has 2 aromatic carbocycles. The van der Waals surface area contributed by atoms with Crippen molar-refractivity contribution in [2.45, 2.75) is 19.8 Å². The summed E-state index contributed by atoms with van der Waals surface area (Å²) >= 11 is 0. The Morgan fingerprint density at radius 1 is 1.19 bits per heavy atom. The SMILES string of the molecule is CCOc1cccc(NC(=O)CCc2ccccc2F)c1. The zero-order valence-corrected chi connectivity index (χ0v) is 11.9. The molecule has 1 amide bonds. The van der Waals surface area contributed by atoms with E-state index in [0.29, 0.717) is 30.0 Å². The van der Waals surface area contributed by atoms with E-state index in [1.54, 1.807) is 30.3 Å². The molecule has 0 aliphatic carbocycles. The van der Waals surface area contributed by atoms with Crippen LogP contribution in [0, 0.1) is 5.82 Å². The summed E-state index contributed by atoms with van der Waals surface area (Å²) in [5.41, 5.74) is 1.23. The van der Waals surface area contributed by atoms with Crippen molar-refractivity contribution >= 4 is 11.6 Å². The van der Waals surface area contributed by atoms with Crippen LogP contribution >= 0.6 is 0 Å². The van der Waals surface area contributed by atoms with Gasteiger partial charge in [-0.15, -0.1) is 0 Å². The summed E-state index contributed by atoms with van der Waals surface area (Å²) < 4.78 is 18.8. The number of rotatable bonds is 6. The summed E-state index contributed by atoms with van der Waals surface area (Å²) in [5.74, 6) is 0.292. The molecule has 2 rings (SSSR count). The number of anilines is 1. The van der Waals surface area contributed by atoms with Gasteiger partial charge in [-0.3, -0.25) is 4.79 Å². The molecule has 0 aliphatic heterocycles. The van der Waals surface area contributed by atoms with Crippen molar-refractivity contribution in [2.75, 3.05) is 11.9 Å². The van der Waals surface area contributed by atoms with Gasteiger partial charge in [-0.1, -0.05) is 24.3 Å². The molecule has 0 aromatic heterocycles. The van der Waals surface area contributed by atoms with Gasteiger partial charge in [0.05, 0.1) is 6.61 Å². The summed E-state index contributed by atoms with van der Waals surface area (Å²) in [6.45, 7) is 2.48. The highest BCUT2D eigenvalue weighted by atomic mass is 19.1. The molecule has 0 saturated carbocycles. The molecule has 0 heterocycles. The van der Waals surface area contributed by atoms with Gasteiger partial charge in [0.2, 0.25) is 5.91 Å². The van der Waals surface area contributed by atoms with Crippen molar-refractivity contribution in [3.8, 4) is 5.75 Å². The van der Waals surface area contributed by atoms with Crippen molar-refractivity contribution < 1.29 is 13.9 Å². The van der Waals surface area contributed by atoms with E-state index >= 15 is 0 Å². The van der Waals surface area contributed by atoms with Crippen molar-refractivity contribution in [1.82, 2.24) is 0 Å². The zero-order valence-electron chi connectivity index (χ0n) is 11.9. The second-order valence-electron chi connectivity index (χ2n) is 4.60. The van der Waals surface area contributed by atoms with E-state index in [1.807, 2.05) is 19.1 Å². The van der Waals surface area contributed by atoms with Crippen LogP contribution in [0.3, 0.4) is 0 Å². The van der Waals surface area contributed by atoms with Gasteiger partial charge in [0.1, 0.15) is 11.6 Å². The predicted molar refractivity (Wildman–Crippen MR) is 81.0 cm³/mol. The van der Waals surface area contributed by atoms with E-state index in [-0.39, 0.29) is 18.1 Å². The monoisotopic (exact) mass is 287 g/mol. The molecule has 4 heteroatoms. The first-order valence-corrected chi connectivity index (χ1v) is 6.95. The Morgan fingerprint density at radius 3 is 2.76 bits per heavy atom. The number of benzene rings is 2. The Labute approximate surface area is 123 Å². The van der Waals surface area contributed by atoms with Crippen LogP contribution in [0.25, 0.3) is 0 Å². The highest BCUT2D eigenvalue weighted by Crippen LogP contribution is 2.18. The van der Waals surface area contributed by atoms with Crippen molar-refractivity contribution in [1.29, 1.82) is 0 Å². The van der Waals surface area contributed by atoms with Crippen LogP contribution in [0.5, 0.6) is 5.75 Å². The van der Waals surface area contributed by atoms with E-state index in [9.17, 15) is 9.18 Å². The zero-order chi connectivity index (χ0) is 15.1. The number of carbonyl (C=O) groups excluding carboxylic acids is 1. The van der Waals surface area contributed by atoms with Crippen LogP contribution in [-0.2, 0) is 11.2 Å². The number of hydrogen-bond acceptors (Lipinski definition) is 2. The molecule has 21 heavy (non-hydrogen) atoms.